The lowest BCUT2D eigenvalue weighted by Crippen LogP contribution is -2.10. The molecule has 0 unspecified atom stereocenters. The molecular weight excluding hydrogens is 318 g/mol. The molecule has 0 fully saturated rings. The number of Topliss-reactive ketones (excluding diaryl/α,β-unsaturated/α-hetero) is 1. The fraction of sp³-hybridized carbons (Fsp3) is 0.286. The molecular formula is C14H15N5OS2. The van der Waals surface area contributed by atoms with E-state index in [9.17, 15) is 4.79 Å². The summed E-state index contributed by atoms with van der Waals surface area (Å²) in [6.07, 6.45) is 0.709. The Kier molecular flexibility index (Phi) is 5.35. The average molecular weight is 333 g/mol. The van der Waals surface area contributed by atoms with Crippen molar-refractivity contribution in [2.45, 2.75) is 18.5 Å². The van der Waals surface area contributed by atoms with Crippen molar-refractivity contribution in [3.63, 3.8) is 0 Å². The standard InChI is InChI=1S/C14H15N5OS2/c1-9(16)11(7-15)12(20)8-22-14-18-17-13(19(14)2)6-10-4-3-5-21-10/h3-5H,6,8,16H2,1-2H3/b11-9+. The Hall–Kier alpha value is -2.11. The largest absolute Gasteiger partial charge is 0.401 e. The predicted molar refractivity (Wildman–Crippen MR) is 86.4 cm³/mol. The number of nitrogens with zero attached hydrogens (tertiary/aromatic N) is 4. The number of hydrogen-bond donors (Lipinski definition) is 1. The molecule has 0 aromatic carbocycles. The molecule has 22 heavy (non-hydrogen) atoms. The molecule has 2 aromatic heterocycles. The lowest BCUT2D eigenvalue weighted by molar-refractivity contribution is -0.112. The molecule has 2 heterocycles. The van der Waals surface area contributed by atoms with Gasteiger partial charge >= 0.3 is 0 Å². The van der Waals surface area contributed by atoms with E-state index < -0.39 is 0 Å². The van der Waals surface area contributed by atoms with E-state index in [-0.39, 0.29) is 22.8 Å². The zero-order valence-electron chi connectivity index (χ0n) is 12.2. The molecule has 0 aliphatic heterocycles. The van der Waals surface area contributed by atoms with Gasteiger partial charge in [-0.15, -0.1) is 21.5 Å². The first-order valence-corrected chi connectivity index (χ1v) is 8.32. The molecule has 8 heteroatoms. The molecule has 0 bridgehead atoms. The van der Waals surface area contributed by atoms with Crippen LogP contribution in [0.4, 0.5) is 0 Å². The van der Waals surface area contributed by atoms with Gasteiger partial charge in [-0.25, -0.2) is 0 Å². The summed E-state index contributed by atoms with van der Waals surface area (Å²) < 4.78 is 1.86. The van der Waals surface area contributed by atoms with Gasteiger partial charge in [0.2, 0.25) is 0 Å². The van der Waals surface area contributed by atoms with Crippen LogP contribution in [0.1, 0.15) is 17.6 Å². The van der Waals surface area contributed by atoms with E-state index in [1.165, 1.54) is 16.6 Å². The Balaban J connectivity index is 2.03. The van der Waals surface area contributed by atoms with Gasteiger partial charge in [0.1, 0.15) is 17.5 Å². The topological polar surface area (TPSA) is 97.6 Å². The van der Waals surface area contributed by atoms with Crippen LogP contribution in [0.15, 0.2) is 33.9 Å². The van der Waals surface area contributed by atoms with Gasteiger partial charge in [0.05, 0.1) is 5.75 Å². The Morgan fingerprint density at radius 1 is 1.55 bits per heavy atom. The molecule has 0 saturated carbocycles. The third-order valence-corrected chi connectivity index (χ3v) is 4.85. The first kappa shape index (κ1) is 16.3. The number of thiophene rings is 1. The van der Waals surface area contributed by atoms with E-state index in [1.807, 2.05) is 35.2 Å². The minimum absolute atomic E-state index is 0.00785. The number of thioether (sulfide) groups is 1. The van der Waals surface area contributed by atoms with Crippen molar-refractivity contribution >= 4 is 28.9 Å². The first-order chi connectivity index (χ1) is 10.5. The molecule has 0 aliphatic carbocycles. The number of ketones is 1. The highest BCUT2D eigenvalue weighted by Crippen LogP contribution is 2.20. The van der Waals surface area contributed by atoms with Crippen LogP contribution in [0.25, 0.3) is 0 Å². The van der Waals surface area contributed by atoms with Gasteiger partial charge in [-0.1, -0.05) is 17.8 Å². The molecule has 0 atom stereocenters. The SMILES string of the molecule is C/C(N)=C(/C#N)C(=O)CSc1nnc(Cc2cccs2)n1C. The van der Waals surface area contributed by atoms with Crippen LogP contribution >= 0.6 is 23.1 Å². The monoisotopic (exact) mass is 333 g/mol. The minimum atomic E-state index is -0.296. The fourth-order valence-electron chi connectivity index (χ4n) is 1.77. The summed E-state index contributed by atoms with van der Waals surface area (Å²) in [5, 5.41) is 19.8. The van der Waals surface area contributed by atoms with Crippen molar-refractivity contribution in [2.75, 3.05) is 5.75 Å². The molecule has 0 spiro atoms. The number of aromatic nitrogens is 3. The average Bonchev–Trinajstić information content (AvgIpc) is 3.09. The maximum absolute atomic E-state index is 11.9. The molecule has 114 valence electrons. The number of nitrogens with two attached hydrogens (primary N) is 1. The lowest BCUT2D eigenvalue weighted by atomic mass is 10.2. The van der Waals surface area contributed by atoms with Crippen molar-refractivity contribution in [1.29, 1.82) is 5.26 Å². The smallest absolute Gasteiger partial charge is 0.191 e. The van der Waals surface area contributed by atoms with Crippen LogP contribution in [0.2, 0.25) is 0 Å². The van der Waals surface area contributed by atoms with E-state index in [0.29, 0.717) is 11.6 Å². The Bertz CT molecular complexity index is 736. The van der Waals surface area contributed by atoms with Crippen LogP contribution in [0.5, 0.6) is 0 Å². The molecule has 2 aromatic rings. The highest BCUT2D eigenvalue weighted by molar-refractivity contribution is 7.99. The fourth-order valence-corrected chi connectivity index (χ4v) is 3.27. The zero-order chi connectivity index (χ0) is 16.1. The summed E-state index contributed by atoms with van der Waals surface area (Å²) in [5.41, 5.74) is 5.77. The summed E-state index contributed by atoms with van der Waals surface area (Å²) in [4.78, 5) is 13.1. The van der Waals surface area contributed by atoms with Gasteiger partial charge in [-0.3, -0.25) is 4.79 Å². The highest BCUT2D eigenvalue weighted by atomic mass is 32.2. The van der Waals surface area contributed by atoms with Crippen LogP contribution < -0.4 is 5.73 Å². The van der Waals surface area contributed by atoms with E-state index in [0.717, 1.165) is 5.82 Å². The second-order valence-electron chi connectivity index (χ2n) is 4.60. The second kappa shape index (κ2) is 7.24. The minimum Gasteiger partial charge on any atom is -0.401 e. The molecule has 0 amide bonds. The van der Waals surface area contributed by atoms with Crippen LogP contribution in [-0.4, -0.2) is 26.3 Å². The van der Waals surface area contributed by atoms with Gasteiger partial charge in [0.25, 0.3) is 0 Å². The van der Waals surface area contributed by atoms with Crippen LogP contribution in [0.3, 0.4) is 0 Å². The maximum atomic E-state index is 11.9. The Labute approximate surface area is 136 Å². The van der Waals surface area contributed by atoms with Gasteiger partial charge in [-0.05, 0) is 18.4 Å². The Morgan fingerprint density at radius 3 is 2.91 bits per heavy atom. The van der Waals surface area contributed by atoms with Gasteiger partial charge < -0.3 is 10.3 Å². The molecule has 0 radical (unpaired) electrons. The summed E-state index contributed by atoms with van der Waals surface area (Å²) in [5.74, 6) is 0.654. The lowest BCUT2D eigenvalue weighted by Gasteiger charge is -2.03. The maximum Gasteiger partial charge on any atom is 0.191 e. The number of allylic oxidation sites excluding steroid dienone is 2. The number of carbonyl (C=O) groups is 1. The van der Waals surface area contributed by atoms with Crippen LogP contribution in [0, 0.1) is 11.3 Å². The number of carbonyl (C=O) groups excluding carboxylic acids is 1. The van der Waals surface area contributed by atoms with Crippen molar-refractivity contribution in [1.82, 2.24) is 14.8 Å². The molecule has 0 aliphatic rings. The van der Waals surface area contributed by atoms with Crippen LogP contribution in [-0.2, 0) is 18.3 Å². The summed E-state index contributed by atoms with van der Waals surface area (Å²) in [6, 6.07) is 5.88. The number of rotatable bonds is 6. The number of nitriles is 1. The van der Waals surface area contributed by atoms with Gasteiger partial charge in [0, 0.05) is 24.0 Å². The van der Waals surface area contributed by atoms with Gasteiger partial charge in [0.15, 0.2) is 10.9 Å². The Morgan fingerprint density at radius 2 is 2.32 bits per heavy atom. The normalized spacial score (nSPS) is 11.9. The third-order valence-electron chi connectivity index (χ3n) is 2.95. The molecule has 2 N–H and O–H groups in total. The summed E-state index contributed by atoms with van der Waals surface area (Å²) >= 11 is 2.92. The second-order valence-corrected chi connectivity index (χ2v) is 6.57. The van der Waals surface area contributed by atoms with E-state index in [4.69, 9.17) is 11.0 Å². The predicted octanol–water partition coefficient (Wildman–Crippen LogP) is 1.88. The van der Waals surface area contributed by atoms with Crippen molar-refractivity contribution in [3.8, 4) is 6.07 Å². The summed E-state index contributed by atoms with van der Waals surface area (Å²) in [6.45, 7) is 1.54. The van der Waals surface area contributed by atoms with Crippen molar-refractivity contribution in [2.24, 2.45) is 12.8 Å². The number of hydrogen-bond acceptors (Lipinski definition) is 7. The third kappa shape index (κ3) is 3.75. The first-order valence-electron chi connectivity index (χ1n) is 6.46. The van der Waals surface area contributed by atoms with E-state index >= 15 is 0 Å². The van der Waals surface area contributed by atoms with Gasteiger partial charge in [-0.2, -0.15) is 5.26 Å². The highest BCUT2D eigenvalue weighted by Gasteiger charge is 2.15. The molecule has 2 rings (SSSR count). The molecule has 0 saturated heterocycles. The quantitative estimate of drug-likeness (QED) is 0.492. The van der Waals surface area contributed by atoms with Crippen molar-refractivity contribution in [3.05, 3.63) is 39.5 Å². The zero-order valence-corrected chi connectivity index (χ0v) is 13.9. The summed E-state index contributed by atoms with van der Waals surface area (Å²) in [7, 11) is 1.87. The molecule has 6 nitrogen and oxygen atoms in total. The van der Waals surface area contributed by atoms with E-state index in [1.54, 1.807) is 18.3 Å². The van der Waals surface area contributed by atoms with Crippen molar-refractivity contribution < 1.29 is 4.79 Å². The van der Waals surface area contributed by atoms with E-state index in [2.05, 4.69) is 10.2 Å².